The Morgan fingerprint density at radius 1 is 1.44 bits per heavy atom. The van der Waals surface area contributed by atoms with Gasteiger partial charge < -0.3 is 10.8 Å². The zero-order chi connectivity index (χ0) is 13.3. The van der Waals surface area contributed by atoms with E-state index in [1.54, 1.807) is 29.6 Å². The van der Waals surface area contributed by atoms with Crippen molar-refractivity contribution in [1.82, 2.24) is 19.7 Å². The fraction of sp³-hybridized carbons (Fsp3) is 0.545. The Kier molecular flexibility index (Phi) is 3.72. The number of nitrogen functional groups attached to an aromatic ring is 1. The molecule has 2 aromatic heterocycles. The molecule has 0 aliphatic heterocycles. The van der Waals surface area contributed by atoms with Crippen LogP contribution in [0.15, 0.2) is 6.20 Å². The minimum absolute atomic E-state index is 0.136. The van der Waals surface area contributed by atoms with E-state index in [0.29, 0.717) is 17.4 Å². The predicted octanol–water partition coefficient (Wildman–Crippen LogP) is 0.948. The monoisotopic (exact) mass is 267 g/mol. The zero-order valence-electron chi connectivity index (χ0n) is 10.7. The van der Waals surface area contributed by atoms with E-state index in [9.17, 15) is 5.11 Å². The van der Waals surface area contributed by atoms with Crippen molar-refractivity contribution >= 4 is 28.6 Å². The maximum absolute atomic E-state index is 9.44. The molecule has 0 radical (unpaired) electrons. The molecule has 6 nitrogen and oxygen atoms in total. The molecule has 98 valence electrons. The third kappa shape index (κ3) is 2.56. The molecule has 0 fully saturated rings. The van der Waals surface area contributed by atoms with Crippen LogP contribution in [-0.2, 0) is 12.8 Å². The van der Waals surface area contributed by atoms with E-state index in [1.165, 1.54) is 0 Å². The van der Waals surface area contributed by atoms with Crippen LogP contribution in [0.1, 0.15) is 19.7 Å². The lowest BCUT2D eigenvalue weighted by Gasteiger charge is -2.13. The van der Waals surface area contributed by atoms with Gasteiger partial charge in [-0.25, -0.2) is 9.97 Å². The third-order valence-corrected chi connectivity index (χ3v) is 4.17. The van der Waals surface area contributed by atoms with Crippen LogP contribution in [0, 0.1) is 0 Å². The molecular formula is C11H17N5OS. The number of anilines is 1. The number of aliphatic hydroxyl groups is 1. The summed E-state index contributed by atoms with van der Waals surface area (Å²) in [7, 11) is 1.82. The molecule has 18 heavy (non-hydrogen) atoms. The Morgan fingerprint density at radius 3 is 2.83 bits per heavy atom. The van der Waals surface area contributed by atoms with Gasteiger partial charge in [0.05, 0.1) is 23.4 Å². The molecule has 2 unspecified atom stereocenters. The number of fused-ring (bicyclic) bond motifs is 1. The number of nitrogens with zero attached hydrogens (tertiary/aromatic N) is 4. The highest BCUT2D eigenvalue weighted by Crippen LogP contribution is 2.21. The van der Waals surface area contributed by atoms with Crippen molar-refractivity contribution in [2.75, 3.05) is 5.73 Å². The predicted molar refractivity (Wildman–Crippen MR) is 73.2 cm³/mol. The lowest BCUT2D eigenvalue weighted by Crippen LogP contribution is -2.15. The number of rotatable bonds is 4. The summed E-state index contributed by atoms with van der Waals surface area (Å²) in [6, 6.07) is 0. The van der Waals surface area contributed by atoms with Crippen LogP contribution in [0.4, 0.5) is 5.82 Å². The summed E-state index contributed by atoms with van der Waals surface area (Å²) < 4.78 is 1.68. The first-order chi connectivity index (χ1) is 8.49. The van der Waals surface area contributed by atoms with Crippen molar-refractivity contribution < 1.29 is 5.11 Å². The molecule has 3 N–H and O–H groups in total. The van der Waals surface area contributed by atoms with Crippen LogP contribution in [0.2, 0.25) is 0 Å². The summed E-state index contributed by atoms with van der Waals surface area (Å²) in [6.07, 6.45) is 1.31. The van der Waals surface area contributed by atoms with E-state index >= 15 is 0 Å². The molecule has 2 rings (SSSR count). The van der Waals surface area contributed by atoms with Gasteiger partial charge in [0.15, 0.2) is 5.65 Å². The zero-order valence-corrected chi connectivity index (χ0v) is 11.5. The average molecular weight is 267 g/mol. The number of thioether (sulfide) groups is 1. The topological polar surface area (TPSA) is 89.9 Å². The van der Waals surface area contributed by atoms with Gasteiger partial charge in [0, 0.05) is 12.3 Å². The SMILES string of the molecule is CC(O)C(C)SCc1nc(N)c2cnn(C)c2n1. The molecule has 0 aliphatic rings. The molecule has 2 atom stereocenters. The van der Waals surface area contributed by atoms with E-state index in [0.717, 1.165) is 11.0 Å². The number of nitrogens with two attached hydrogens (primary N) is 1. The van der Waals surface area contributed by atoms with Gasteiger partial charge in [-0.3, -0.25) is 4.68 Å². The second kappa shape index (κ2) is 5.11. The van der Waals surface area contributed by atoms with Gasteiger partial charge in [-0.2, -0.15) is 5.10 Å². The standard InChI is InChI=1S/C11H17N5OS/c1-6(17)7(2)18-5-9-14-10(12)8-4-13-16(3)11(8)15-9/h4,6-7,17H,5H2,1-3H3,(H2,12,14,15). The van der Waals surface area contributed by atoms with E-state index in [4.69, 9.17) is 5.73 Å². The molecule has 7 heteroatoms. The Balaban J connectivity index is 2.21. The van der Waals surface area contributed by atoms with E-state index in [1.807, 2.05) is 14.0 Å². The highest BCUT2D eigenvalue weighted by molar-refractivity contribution is 7.99. The molecule has 2 aromatic rings. The first kappa shape index (κ1) is 13.1. The van der Waals surface area contributed by atoms with E-state index in [-0.39, 0.29) is 11.4 Å². The number of aryl methyl sites for hydroxylation is 1. The molecular weight excluding hydrogens is 250 g/mol. The molecule has 0 aliphatic carbocycles. The van der Waals surface area contributed by atoms with Crippen molar-refractivity contribution in [3.05, 3.63) is 12.0 Å². The van der Waals surface area contributed by atoms with Gasteiger partial charge in [-0.15, -0.1) is 11.8 Å². The molecule has 0 saturated heterocycles. The summed E-state index contributed by atoms with van der Waals surface area (Å²) in [5, 5.41) is 14.5. The lowest BCUT2D eigenvalue weighted by molar-refractivity contribution is 0.196. The average Bonchev–Trinajstić information content (AvgIpc) is 2.68. The second-order valence-electron chi connectivity index (χ2n) is 4.29. The molecule has 2 heterocycles. The minimum Gasteiger partial charge on any atom is -0.392 e. The van der Waals surface area contributed by atoms with Crippen molar-refractivity contribution in [3.8, 4) is 0 Å². The van der Waals surface area contributed by atoms with Gasteiger partial charge >= 0.3 is 0 Å². The summed E-state index contributed by atoms with van der Waals surface area (Å²) in [4.78, 5) is 8.69. The summed E-state index contributed by atoms with van der Waals surface area (Å²) >= 11 is 1.60. The number of aliphatic hydroxyl groups excluding tert-OH is 1. The molecule has 0 spiro atoms. The first-order valence-corrected chi connectivity index (χ1v) is 6.77. The van der Waals surface area contributed by atoms with Crippen LogP contribution in [0.3, 0.4) is 0 Å². The van der Waals surface area contributed by atoms with E-state index in [2.05, 4.69) is 15.1 Å². The summed E-state index contributed by atoms with van der Waals surface area (Å²) in [5.41, 5.74) is 6.61. The quantitative estimate of drug-likeness (QED) is 0.857. The number of aromatic nitrogens is 4. The first-order valence-electron chi connectivity index (χ1n) is 5.72. The molecule has 0 saturated carbocycles. The minimum atomic E-state index is -0.354. The second-order valence-corrected chi connectivity index (χ2v) is 5.65. The molecule has 0 amide bonds. The van der Waals surface area contributed by atoms with Gasteiger partial charge in [0.2, 0.25) is 0 Å². The van der Waals surface area contributed by atoms with Gasteiger partial charge in [-0.05, 0) is 6.92 Å². The van der Waals surface area contributed by atoms with E-state index < -0.39 is 0 Å². The molecule has 0 aromatic carbocycles. The van der Waals surface area contributed by atoms with Crippen LogP contribution in [0.5, 0.6) is 0 Å². The fourth-order valence-corrected chi connectivity index (χ4v) is 2.32. The van der Waals surface area contributed by atoms with Crippen molar-refractivity contribution in [2.45, 2.75) is 31.0 Å². The van der Waals surface area contributed by atoms with Crippen LogP contribution in [0.25, 0.3) is 11.0 Å². The lowest BCUT2D eigenvalue weighted by atomic mass is 10.3. The van der Waals surface area contributed by atoms with Crippen LogP contribution < -0.4 is 5.73 Å². The Bertz CT molecular complexity index is 554. The maximum atomic E-state index is 9.44. The molecule has 0 bridgehead atoms. The van der Waals surface area contributed by atoms with Crippen LogP contribution in [-0.4, -0.2) is 36.2 Å². The van der Waals surface area contributed by atoms with Gasteiger partial charge in [0.1, 0.15) is 11.6 Å². The van der Waals surface area contributed by atoms with Crippen molar-refractivity contribution in [2.24, 2.45) is 7.05 Å². The highest BCUT2D eigenvalue weighted by atomic mass is 32.2. The van der Waals surface area contributed by atoms with Crippen molar-refractivity contribution in [3.63, 3.8) is 0 Å². The summed E-state index contributed by atoms with van der Waals surface area (Å²) in [5.74, 6) is 1.74. The Hall–Kier alpha value is -1.34. The van der Waals surface area contributed by atoms with Crippen LogP contribution >= 0.6 is 11.8 Å². The highest BCUT2D eigenvalue weighted by Gasteiger charge is 2.13. The Morgan fingerprint density at radius 2 is 2.17 bits per heavy atom. The third-order valence-electron chi connectivity index (χ3n) is 2.82. The van der Waals surface area contributed by atoms with Gasteiger partial charge in [0.25, 0.3) is 0 Å². The summed E-state index contributed by atoms with van der Waals surface area (Å²) in [6.45, 7) is 3.75. The number of hydrogen-bond donors (Lipinski definition) is 2. The smallest absolute Gasteiger partial charge is 0.163 e. The normalized spacial score (nSPS) is 14.9. The fourth-order valence-electron chi connectivity index (χ4n) is 1.50. The Labute approximate surface area is 110 Å². The maximum Gasteiger partial charge on any atom is 0.163 e. The number of hydrogen-bond acceptors (Lipinski definition) is 6. The van der Waals surface area contributed by atoms with Crippen molar-refractivity contribution in [1.29, 1.82) is 0 Å². The largest absolute Gasteiger partial charge is 0.392 e. The van der Waals surface area contributed by atoms with Gasteiger partial charge in [-0.1, -0.05) is 6.92 Å².